The van der Waals surface area contributed by atoms with Crippen molar-refractivity contribution in [2.24, 2.45) is 0 Å². The van der Waals surface area contributed by atoms with Gasteiger partial charge in [-0.15, -0.1) is 0 Å². The first kappa shape index (κ1) is 52.9. The van der Waals surface area contributed by atoms with E-state index in [9.17, 15) is 53.9 Å². The number of carbonyl (C=O) groups is 3. The van der Waals surface area contributed by atoms with Gasteiger partial charge in [0.25, 0.3) is 11.8 Å². The minimum atomic E-state index is -3.56. The molecule has 2 heterocycles. The Morgan fingerprint density at radius 2 is 0.931 bits per heavy atom. The molecule has 2 aliphatic heterocycles. The summed E-state index contributed by atoms with van der Waals surface area (Å²) in [5.41, 5.74) is 4.20. The Hall–Kier alpha value is -6.89. The lowest BCUT2D eigenvalue weighted by Gasteiger charge is -2.36. The van der Waals surface area contributed by atoms with Crippen molar-refractivity contribution in [1.82, 2.24) is 9.80 Å². The first-order valence-electron chi connectivity index (χ1n) is 23.3. The van der Waals surface area contributed by atoms with Crippen LogP contribution in [0.3, 0.4) is 0 Å². The largest absolute Gasteiger partial charge is 0.388 e. The van der Waals surface area contributed by atoms with Gasteiger partial charge in [0.15, 0.2) is 25.5 Å². The molecular weight excluding hydrogens is 973 g/mol. The summed E-state index contributed by atoms with van der Waals surface area (Å²) in [5.74, 6) is -2.60. The van der Waals surface area contributed by atoms with E-state index in [1.165, 1.54) is 72.8 Å². The number of rotatable bonds is 12. The molecule has 12 nitrogen and oxygen atoms in total. The number of sulfone groups is 2. The number of ketones is 1. The molecule has 72 heavy (non-hydrogen) atoms. The van der Waals surface area contributed by atoms with Crippen molar-refractivity contribution in [1.29, 1.82) is 0 Å². The lowest BCUT2D eigenvalue weighted by atomic mass is 9.98. The predicted molar refractivity (Wildman–Crippen MR) is 269 cm³/mol. The molecule has 0 bridgehead atoms. The van der Waals surface area contributed by atoms with Crippen LogP contribution in [0.5, 0.6) is 0 Å². The minimum absolute atomic E-state index is 0.0131. The fraction of sp³-hybridized carbons (Fsp3) is 0.278. The van der Waals surface area contributed by atoms with Crippen LogP contribution in [0.4, 0.5) is 28.9 Å². The van der Waals surface area contributed by atoms with Gasteiger partial charge in [0.2, 0.25) is 0 Å². The fourth-order valence-corrected chi connectivity index (χ4v) is 9.92. The highest BCUT2D eigenvalue weighted by atomic mass is 32.2. The lowest BCUT2D eigenvalue weighted by Crippen LogP contribution is -2.49. The summed E-state index contributed by atoms with van der Waals surface area (Å²) in [7, 11) is -7.12. The second-order valence-electron chi connectivity index (χ2n) is 17.6. The van der Waals surface area contributed by atoms with E-state index < -0.39 is 49.0 Å². The molecule has 0 aliphatic carbocycles. The Bertz CT molecular complexity index is 3210. The van der Waals surface area contributed by atoms with Crippen molar-refractivity contribution in [3.63, 3.8) is 0 Å². The SMILES string of the molecule is CCC(=O)c1ccc(N2CCN(C(=O)c3cc(S(C)(=O)=O)ccc3-c3ccc(F)cc3)CC2)c(F)c1.CCC(O)c1ccc(N2CCN(C(=O)c3cc(S(C)(=O)=O)ccc3-c3ccc(F)cc3)CC2)c(F)c1. The van der Waals surface area contributed by atoms with E-state index in [1.807, 2.05) is 16.7 Å². The molecular formula is C54H54F4N4O8S2. The van der Waals surface area contributed by atoms with Gasteiger partial charge in [-0.2, -0.15) is 0 Å². The third kappa shape index (κ3) is 12.2. The normalized spacial score (nSPS) is 14.6. The van der Waals surface area contributed by atoms with Gasteiger partial charge < -0.3 is 24.7 Å². The third-order valence-electron chi connectivity index (χ3n) is 12.8. The maximum atomic E-state index is 14.8. The molecule has 2 aliphatic rings. The molecule has 0 radical (unpaired) electrons. The number of halogens is 4. The highest BCUT2D eigenvalue weighted by Gasteiger charge is 2.29. The van der Waals surface area contributed by atoms with Crippen molar-refractivity contribution in [2.45, 2.75) is 42.6 Å². The summed E-state index contributed by atoms with van der Waals surface area (Å²) in [4.78, 5) is 45.8. The monoisotopic (exact) mass is 1030 g/mol. The molecule has 1 unspecified atom stereocenters. The second-order valence-corrected chi connectivity index (χ2v) is 21.6. The lowest BCUT2D eigenvalue weighted by molar-refractivity contribution is 0.0739. The smallest absolute Gasteiger partial charge is 0.254 e. The van der Waals surface area contributed by atoms with Crippen LogP contribution < -0.4 is 9.80 Å². The topological polar surface area (TPSA) is 153 Å². The molecule has 378 valence electrons. The van der Waals surface area contributed by atoms with Crippen LogP contribution in [0, 0.1) is 23.3 Å². The Balaban J connectivity index is 0.000000211. The van der Waals surface area contributed by atoms with Crippen molar-refractivity contribution in [3.05, 3.63) is 167 Å². The molecule has 2 fully saturated rings. The number of anilines is 2. The number of piperazine rings is 2. The van der Waals surface area contributed by atoms with Gasteiger partial charge in [0.1, 0.15) is 23.3 Å². The van der Waals surface area contributed by atoms with Crippen molar-refractivity contribution in [3.8, 4) is 22.3 Å². The molecule has 0 aromatic heterocycles. The maximum absolute atomic E-state index is 14.8. The summed E-state index contributed by atoms with van der Waals surface area (Å²) in [6, 6.07) is 29.1. The highest BCUT2D eigenvalue weighted by Crippen LogP contribution is 2.32. The van der Waals surface area contributed by atoms with Crippen LogP contribution in [-0.4, -0.2) is 114 Å². The molecule has 0 saturated carbocycles. The quantitative estimate of drug-likeness (QED) is 0.0929. The zero-order chi connectivity index (χ0) is 52.1. The number of benzene rings is 6. The molecule has 1 N–H and O–H groups in total. The van der Waals surface area contributed by atoms with Crippen LogP contribution in [0.15, 0.2) is 131 Å². The number of Topliss-reactive ketones (excluding diaryl/α,β-unsaturated/α-hetero) is 1. The minimum Gasteiger partial charge on any atom is -0.388 e. The van der Waals surface area contributed by atoms with E-state index in [1.54, 1.807) is 65.3 Å². The number of hydrogen-bond acceptors (Lipinski definition) is 10. The van der Waals surface area contributed by atoms with E-state index in [0.717, 1.165) is 12.5 Å². The van der Waals surface area contributed by atoms with Crippen molar-refractivity contribution in [2.75, 3.05) is 74.7 Å². The first-order chi connectivity index (χ1) is 34.2. The number of carbonyl (C=O) groups excluding carboxylic acids is 3. The molecule has 0 spiro atoms. The van der Waals surface area contributed by atoms with Crippen LogP contribution in [0.2, 0.25) is 0 Å². The van der Waals surface area contributed by atoms with E-state index >= 15 is 0 Å². The number of nitrogens with zero attached hydrogens (tertiary/aromatic N) is 4. The molecule has 1 atom stereocenters. The molecule has 2 amide bonds. The van der Waals surface area contributed by atoms with Crippen molar-refractivity contribution < 1.29 is 53.9 Å². The average molecular weight is 1030 g/mol. The Morgan fingerprint density at radius 1 is 0.528 bits per heavy atom. The van der Waals surface area contributed by atoms with Crippen LogP contribution in [-0.2, 0) is 19.7 Å². The average Bonchev–Trinajstić information content (AvgIpc) is 3.37. The zero-order valence-corrected chi connectivity index (χ0v) is 41.8. The summed E-state index contributed by atoms with van der Waals surface area (Å²) < 4.78 is 105. The van der Waals surface area contributed by atoms with Gasteiger partial charge in [0.05, 0.1) is 27.3 Å². The second kappa shape index (κ2) is 22.3. The number of aliphatic hydroxyl groups is 1. The molecule has 6 aromatic rings. The summed E-state index contributed by atoms with van der Waals surface area (Å²) >= 11 is 0. The maximum Gasteiger partial charge on any atom is 0.254 e. The molecule has 6 aromatic carbocycles. The van der Waals surface area contributed by atoms with Gasteiger partial charge in [-0.05, 0) is 113 Å². The van der Waals surface area contributed by atoms with Crippen LogP contribution in [0.1, 0.15) is 69.4 Å². The van der Waals surface area contributed by atoms with Crippen LogP contribution >= 0.6 is 0 Å². The fourth-order valence-electron chi connectivity index (χ4n) is 8.63. The summed E-state index contributed by atoms with van der Waals surface area (Å²) in [6.45, 7) is 6.24. The molecule has 2 saturated heterocycles. The highest BCUT2D eigenvalue weighted by molar-refractivity contribution is 7.91. The molecule has 18 heteroatoms. The summed E-state index contributed by atoms with van der Waals surface area (Å²) in [6.07, 6.45) is 2.20. The number of amides is 2. The first-order valence-corrected chi connectivity index (χ1v) is 27.0. The van der Waals surface area contributed by atoms with E-state index in [2.05, 4.69) is 0 Å². The zero-order valence-electron chi connectivity index (χ0n) is 40.1. The van der Waals surface area contributed by atoms with Crippen LogP contribution in [0.25, 0.3) is 22.3 Å². The van der Waals surface area contributed by atoms with Crippen molar-refractivity contribution >= 4 is 48.6 Å². The predicted octanol–water partition coefficient (Wildman–Crippen LogP) is 9.03. The molecule has 8 rings (SSSR count). The number of aliphatic hydroxyl groups excluding tert-OH is 1. The van der Waals surface area contributed by atoms with Gasteiger partial charge in [-0.25, -0.2) is 34.4 Å². The standard InChI is InChI=1S/C27H28F2N2O4S.C27H26F2N2O4S/c2*1-3-26(32)19-6-11-25(24(29)16-19)30-12-14-31(15-13-30)27(33)23-17-21(36(2,34)35)9-10-22(23)18-4-7-20(28)8-5-18/h4-11,16-17,26,32H,3,12-15H2,1-2H3;4-11,16-17H,3,12-15H2,1-2H3. The van der Waals surface area contributed by atoms with E-state index in [0.29, 0.717) is 110 Å². The third-order valence-corrected chi connectivity index (χ3v) is 15.0. The van der Waals surface area contributed by atoms with Gasteiger partial charge in [0, 0.05) is 88.0 Å². The van der Waals surface area contributed by atoms with Gasteiger partial charge in [-0.3, -0.25) is 14.4 Å². The number of hydrogen-bond donors (Lipinski definition) is 1. The van der Waals surface area contributed by atoms with E-state index in [-0.39, 0.29) is 38.5 Å². The van der Waals surface area contributed by atoms with E-state index in [4.69, 9.17) is 0 Å². The Kier molecular flexibility index (Phi) is 16.4. The van der Waals surface area contributed by atoms with Gasteiger partial charge >= 0.3 is 0 Å². The summed E-state index contributed by atoms with van der Waals surface area (Å²) in [5, 5.41) is 9.97. The Labute approximate surface area is 417 Å². The van der Waals surface area contributed by atoms with Gasteiger partial charge in [-0.1, -0.05) is 56.3 Å². The Morgan fingerprint density at radius 3 is 1.29 bits per heavy atom.